The first kappa shape index (κ1) is 22.5. The monoisotopic (exact) mass is 461 g/mol. The first-order valence-electron chi connectivity index (χ1n) is 13.6. The van der Waals surface area contributed by atoms with Crippen LogP contribution in [0.4, 0.5) is 0 Å². The lowest BCUT2D eigenvalue weighted by Gasteiger charge is -2.60. The highest BCUT2D eigenvalue weighted by molar-refractivity contribution is 5.93. The second kappa shape index (κ2) is 8.29. The van der Waals surface area contributed by atoms with Crippen molar-refractivity contribution in [2.45, 2.75) is 96.7 Å². The molecule has 3 saturated carbocycles. The molecular formula is C29H39N3O2. The van der Waals surface area contributed by atoms with Gasteiger partial charge in [0.1, 0.15) is 0 Å². The van der Waals surface area contributed by atoms with Gasteiger partial charge in [-0.25, -0.2) is 4.98 Å². The van der Waals surface area contributed by atoms with Gasteiger partial charge in [0, 0.05) is 25.0 Å². The maximum absolute atomic E-state index is 13.4. The molecule has 1 aromatic carbocycles. The molecule has 0 amide bonds. The average molecular weight is 462 g/mol. The molecule has 2 aromatic rings. The van der Waals surface area contributed by atoms with Crippen molar-refractivity contribution < 1.29 is 4.79 Å². The predicted octanol–water partition coefficient (Wildman–Crippen LogP) is 5.62. The molecule has 0 spiro atoms. The standard InChI is InChI=1S/C29H39N3O2/c1-18(33)27-28(34)32(26-10-5-4-9-25(26)30-27)23-16-21-7-6-8-22(17-23)31(21)14-13-19-11-12-20-15-24(19)29(20,2)3/h4-5,9-10,19-24H,6-8,11-17H2,1-3H3/t19-,20-,21?,22?,23?,24-/m0/s1. The molecule has 0 N–H and O–H groups in total. The SMILES string of the molecule is CC(=O)c1nc2ccccc2n(C2CC3CCCC(C2)N3CC[C@@H]2CC[C@H]3C[C@@H]2C3(C)C)c1=O. The van der Waals surface area contributed by atoms with Gasteiger partial charge in [-0.15, -0.1) is 0 Å². The molecule has 5 atom stereocenters. The number of rotatable bonds is 5. The van der Waals surface area contributed by atoms with E-state index in [0.29, 0.717) is 17.5 Å². The molecule has 5 heteroatoms. The van der Waals surface area contributed by atoms with Gasteiger partial charge in [-0.3, -0.25) is 14.5 Å². The molecule has 3 heterocycles. The van der Waals surface area contributed by atoms with Crippen LogP contribution in [0.2, 0.25) is 0 Å². The van der Waals surface area contributed by atoms with Gasteiger partial charge in [0.25, 0.3) is 5.56 Å². The van der Waals surface area contributed by atoms with E-state index in [1.54, 1.807) is 0 Å². The zero-order valence-electron chi connectivity index (χ0n) is 21.0. The van der Waals surface area contributed by atoms with E-state index in [2.05, 4.69) is 23.7 Å². The molecule has 5 aliphatic rings. The van der Waals surface area contributed by atoms with Crippen LogP contribution in [0.1, 0.15) is 95.1 Å². The van der Waals surface area contributed by atoms with E-state index in [1.165, 1.54) is 58.4 Å². The number of ketones is 1. The predicted molar refractivity (Wildman–Crippen MR) is 135 cm³/mol. The first-order chi connectivity index (χ1) is 16.3. The molecule has 34 heavy (non-hydrogen) atoms. The molecule has 2 aliphatic heterocycles. The van der Waals surface area contributed by atoms with Crippen molar-refractivity contribution in [1.82, 2.24) is 14.5 Å². The van der Waals surface area contributed by atoms with Crippen LogP contribution in [0.3, 0.4) is 0 Å². The number of benzene rings is 1. The van der Waals surface area contributed by atoms with Crippen LogP contribution < -0.4 is 5.56 Å². The summed E-state index contributed by atoms with van der Waals surface area (Å²) in [6, 6.07) is 9.05. The Hall–Kier alpha value is -2.01. The summed E-state index contributed by atoms with van der Waals surface area (Å²) in [4.78, 5) is 32.9. The Kier molecular flexibility index (Phi) is 5.47. The topological polar surface area (TPSA) is 55.2 Å². The third-order valence-electron chi connectivity index (χ3n) is 10.4. The normalized spacial score (nSPS) is 34.6. The molecule has 1 aromatic heterocycles. The summed E-state index contributed by atoms with van der Waals surface area (Å²) in [6.45, 7) is 7.68. The van der Waals surface area contributed by atoms with Gasteiger partial charge >= 0.3 is 0 Å². The summed E-state index contributed by atoms with van der Waals surface area (Å²) in [5.74, 6) is 2.55. The van der Waals surface area contributed by atoms with E-state index in [0.717, 1.165) is 41.6 Å². The molecule has 182 valence electrons. The average Bonchev–Trinajstić information content (AvgIpc) is 2.81. The van der Waals surface area contributed by atoms with Gasteiger partial charge in [0.2, 0.25) is 0 Å². The molecule has 7 rings (SSSR count). The molecule has 2 saturated heterocycles. The van der Waals surface area contributed by atoms with E-state index in [4.69, 9.17) is 0 Å². The molecule has 5 fully saturated rings. The van der Waals surface area contributed by atoms with Crippen molar-refractivity contribution in [3.05, 3.63) is 40.3 Å². The fourth-order valence-corrected chi connectivity index (χ4v) is 8.39. The van der Waals surface area contributed by atoms with Crippen molar-refractivity contribution >= 4 is 16.8 Å². The van der Waals surface area contributed by atoms with Crippen LogP contribution in [-0.4, -0.2) is 38.9 Å². The number of aromatic nitrogens is 2. The Labute approximate surface area is 202 Å². The molecular weight excluding hydrogens is 422 g/mol. The van der Waals surface area contributed by atoms with Crippen molar-refractivity contribution in [2.75, 3.05) is 6.54 Å². The molecule has 0 radical (unpaired) electrons. The van der Waals surface area contributed by atoms with Gasteiger partial charge in [0.15, 0.2) is 11.5 Å². The van der Waals surface area contributed by atoms with Crippen molar-refractivity contribution in [2.24, 2.45) is 23.2 Å². The van der Waals surface area contributed by atoms with E-state index >= 15 is 0 Å². The highest BCUT2D eigenvalue weighted by Crippen LogP contribution is 2.62. The van der Waals surface area contributed by atoms with Crippen LogP contribution in [0.5, 0.6) is 0 Å². The van der Waals surface area contributed by atoms with Gasteiger partial charge in [-0.1, -0.05) is 32.4 Å². The zero-order chi connectivity index (χ0) is 23.6. The summed E-state index contributed by atoms with van der Waals surface area (Å²) < 4.78 is 1.93. The summed E-state index contributed by atoms with van der Waals surface area (Å²) in [6.07, 6.45) is 11.4. The zero-order valence-corrected chi connectivity index (χ0v) is 21.0. The van der Waals surface area contributed by atoms with Crippen LogP contribution in [0.25, 0.3) is 11.0 Å². The first-order valence-corrected chi connectivity index (χ1v) is 13.6. The Morgan fingerprint density at radius 3 is 2.44 bits per heavy atom. The third-order valence-corrected chi connectivity index (χ3v) is 10.4. The Balaban J connectivity index is 1.24. The van der Waals surface area contributed by atoms with Gasteiger partial charge in [-0.05, 0) is 93.2 Å². The number of fused-ring (bicyclic) bond motifs is 5. The van der Waals surface area contributed by atoms with Gasteiger partial charge in [0.05, 0.1) is 11.0 Å². The van der Waals surface area contributed by atoms with Crippen molar-refractivity contribution in [1.29, 1.82) is 0 Å². The number of piperidine rings is 2. The van der Waals surface area contributed by atoms with E-state index in [1.807, 2.05) is 28.8 Å². The summed E-state index contributed by atoms with van der Waals surface area (Å²) in [5.41, 5.74) is 2.07. The Bertz CT molecular complexity index is 1150. The lowest BCUT2D eigenvalue weighted by atomic mass is 9.45. The molecule has 2 unspecified atom stereocenters. The summed E-state index contributed by atoms with van der Waals surface area (Å²) in [5, 5.41) is 0. The minimum Gasteiger partial charge on any atom is -0.302 e. The highest BCUT2D eigenvalue weighted by Gasteiger charge is 2.54. The number of carbonyl (C=O) groups excluding carboxylic acids is 1. The Morgan fingerprint density at radius 2 is 1.76 bits per heavy atom. The third kappa shape index (κ3) is 3.49. The number of Topliss-reactive ketones (excluding diaryl/α,β-unsaturated/α-hetero) is 1. The van der Waals surface area contributed by atoms with Crippen LogP contribution in [0, 0.1) is 23.2 Å². The smallest absolute Gasteiger partial charge is 0.280 e. The van der Waals surface area contributed by atoms with Crippen molar-refractivity contribution in [3.63, 3.8) is 0 Å². The van der Waals surface area contributed by atoms with E-state index in [-0.39, 0.29) is 23.1 Å². The fourth-order valence-electron chi connectivity index (χ4n) is 8.39. The second-order valence-corrected chi connectivity index (χ2v) is 12.3. The quantitative estimate of drug-likeness (QED) is 0.542. The highest BCUT2D eigenvalue weighted by atomic mass is 16.1. The number of hydrogen-bond donors (Lipinski definition) is 0. The van der Waals surface area contributed by atoms with Crippen LogP contribution in [-0.2, 0) is 0 Å². The van der Waals surface area contributed by atoms with Crippen LogP contribution >= 0.6 is 0 Å². The maximum atomic E-state index is 13.4. The second-order valence-electron chi connectivity index (χ2n) is 12.3. The molecule has 4 bridgehead atoms. The largest absolute Gasteiger partial charge is 0.302 e. The summed E-state index contributed by atoms with van der Waals surface area (Å²) in [7, 11) is 0. The van der Waals surface area contributed by atoms with E-state index in [9.17, 15) is 9.59 Å². The van der Waals surface area contributed by atoms with Crippen molar-refractivity contribution in [3.8, 4) is 0 Å². The van der Waals surface area contributed by atoms with Gasteiger partial charge < -0.3 is 4.57 Å². The number of hydrogen-bond acceptors (Lipinski definition) is 4. The van der Waals surface area contributed by atoms with Crippen LogP contribution in [0.15, 0.2) is 29.1 Å². The number of carbonyl (C=O) groups is 1. The number of nitrogens with zero attached hydrogens (tertiary/aromatic N) is 3. The minimum atomic E-state index is -0.240. The minimum absolute atomic E-state index is 0.0880. The lowest BCUT2D eigenvalue weighted by Crippen LogP contribution is -2.55. The molecule has 5 nitrogen and oxygen atoms in total. The maximum Gasteiger partial charge on any atom is 0.280 e. The number of para-hydroxylation sites is 2. The van der Waals surface area contributed by atoms with E-state index < -0.39 is 0 Å². The lowest BCUT2D eigenvalue weighted by molar-refractivity contribution is -0.111. The summed E-state index contributed by atoms with van der Waals surface area (Å²) >= 11 is 0. The molecule has 3 aliphatic carbocycles. The van der Waals surface area contributed by atoms with Gasteiger partial charge in [-0.2, -0.15) is 0 Å². The fraction of sp³-hybridized carbons (Fsp3) is 0.690. The Morgan fingerprint density at radius 1 is 1.03 bits per heavy atom.